The quantitative estimate of drug-likeness (QED) is 0.536. The van der Waals surface area contributed by atoms with Gasteiger partial charge >= 0.3 is 12.0 Å². The molecule has 8 nitrogen and oxygen atoms in total. The van der Waals surface area contributed by atoms with Crippen LogP contribution in [-0.2, 0) is 14.4 Å². The average Bonchev–Trinajstić information content (AvgIpc) is 2.38. The molecular weight excluding hydrogens is 278 g/mol. The maximum absolute atomic E-state index is 11.6. The van der Waals surface area contributed by atoms with Gasteiger partial charge in [-0.3, -0.25) is 10.1 Å². The number of carbonyl (C=O) groups is 3. The Morgan fingerprint density at radius 3 is 2.29 bits per heavy atom. The Kier molecular flexibility index (Phi) is 5.01. The second kappa shape index (κ2) is 6.51. The van der Waals surface area contributed by atoms with Crippen molar-refractivity contribution in [3.63, 3.8) is 0 Å². The standard InChI is InChI=1S/C13H15N3O5/c1-13(2,11(19)15-12(14)20)21-16-9(10(17)18)8-6-4-3-5-7-8/h3-7H,1-2H3,(H,17,18)(H3,14,15,19,20)/b16-9+. The highest BCUT2D eigenvalue weighted by Gasteiger charge is 2.32. The van der Waals surface area contributed by atoms with Crippen molar-refractivity contribution in [3.05, 3.63) is 35.9 Å². The van der Waals surface area contributed by atoms with Gasteiger partial charge in [0, 0.05) is 5.56 Å². The van der Waals surface area contributed by atoms with Crippen molar-refractivity contribution in [1.82, 2.24) is 5.32 Å². The van der Waals surface area contributed by atoms with Crippen molar-refractivity contribution < 1.29 is 24.3 Å². The monoisotopic (exact) mass is 293 g/mol. The first-order chi connectivity index (χ1) is 9.74. The zero-order valence-corrected chi connectivity index (χ0v) is 11.5. The minimum absolute atomic E-state index is 0.316. The summed E-state index contributed by atoms with van der Waals surface area (Å²) in [6, 6.07) is 7.02. The molecule has 1 aromatic carbocycles. The van der Waals surface area contributed by atoms with Crippen LogP contribution < -0.4 is 11.1 Å². The van der Waals surface area contributed by atoms with Gasteiger partial charge in [-0.2, -0.15) is 0 Å². The molecule has 0 aromatic heterocycles. The number of hydrogen-bond acceptors (Lipinski definition) is 5. The number of urea groups is 1. The van der Waals surface area contributed by atoms with Crippen LogP contribution in [0.25, 0.3) is 0 Å². The fraction of sp³-hybridized carbons (Fsp3) is 0.231. The fourth-order valence-corrected chi connectivity index (χ4v) is 1.27. The average molecular weight is 293 g/mol. The van der Waals surface area contributed by atoms with Gasteiger partial charge in [0.15, 0.2) is 5.71 Å². The zero-order valence-electron chi connectivity index (χ0n) is 11.5. The number of rotatable bonds is 5. The van der Waals surface area contributed by atoms with Crippen LogP contribution in [0.5, 0.6) is 0 Å². The molecule has 4 N–H and O–H groups in total. The molecular formula is C13H15N3O5. The molecule has 0 aliphatic rings. The highest BCUT2D eigenvalue weighted by Crippen LogP contribution is 2.11. The van der Waals surface area contributed by atoms with Crippen molar-refractivity contribution in [2.45, 2.75) is 19.4 Å². The summed E-state index contributed by atoms with van der Waals surface area (Å²) >= 11 is 0. The molecule has 0 bridgehead atoms. The van der Waals surface area contributed by atoms with E-state index in [0.717, 1.165) is 0 Å². The first kappa shape index (κ1) is 16.2. The molecule has 0 atom stereocenters. The van der Waals surface area contributed by atoms with Gasteiger partial charge in [0.25, 0.3) is 5.91 Å². The van der Waals surface area contributed by atoms with Gasteiger partial charge in [-0.05, 0) is 13.8 Å². The van der Waals surface area contributed by atoms with Gasteiger partial charge in [0.1, 0.15) is 0 Å². The van der Waals surface area contributed by atoms with Crippen LogP contribution in [0.2, 0.25) is 0 Å². The molecule has 112 valence electrons. The summed E-state index contributed by atoms with van der Waals surface area (Å²) in [7, 11) is 0. The minimum atomic E-state index is -1.56. The molecule has 3 amide bonds. The molecule has 0 radical (unpaired) electrons. The molecule has 1 rings (SSSR count). The number of carboxylic acids is 1. The lowest BCUT2D eigenvalue weighted by Gasteiger charge is -2.20. The predicted octanol–water partition coefficient (Wildman–Crippen LogP) is 0.465. The van der Waals surface area contributed by atoms with E-state index < -0.39 is 23.5 Å². The van der Waals surface area contributed by atoms with Crippen LogP contribution in [0.3, 0.4) is 0 Å². The summed E-state index contributed by atoms with van der Waals surface area (Å²) in [6.07, 6.45) is 0. The number of nitrogens with two attached hydrogens (primary N) is 1. The van der Waals surface area contributed by atoms with Gasteiger partial charge in [0.2, 0.25) is 5.60 Å². The highest BCUT2D eigenvalue weighted by molar-refractivity contribution is 6.42. The summed E-state index contributed by atoms with van der Waals surface area (Å²) < 4.78 is 0. The number of aliphatic carboxylic acids is 1. The summed E-state index contributed by atoms with van der Waals surface area (Å²) in [5.41, 5.74) is 3.21. The number of nitrogens with one attached hydrogen (secondary N) is 1. The number of amides is 3. The number of carboxylic acid groups (broad SMARTS) is 1. The van der Waals surface area contributed by atoms with Gasteiger partial charge in [-0.1, -0.05) is 35.5 Å². The lowest BCUT2D eigenvalue weighted by molar-refractivity contribution is -0.142. The summed E-state index contributed by atoms with van der Waals surface area (Å²) in [4.78, 5) is 38.4. The smallest absolute Gasteiger partial charge is 0.358 e. The Morgan fingerprint density at radius 1 is 1.24 bits per heavy atom. The fourth-order valence-electron chi connectivity index (χ4n) is 1.27. The van der Waals surface area contributed by atoms with Gasteiger partial charge in [-0.25, -0.2) is 9.59 Å². The lowest BCUT2D eigenvalue weighted by atomic mass is 10.1. The Morgan fingerprint density at radius 2 is 1.81 bits per heavy atom. The van der Waals surface area contributed by atoms with E-state index in [1.165, 1.54) is 26.0 Å². The van der Waals surface area contributed by atoms with Crippen LogP contribution in [0.4, 0.5) is 4.79 Å². The molecule has 0 spiro atoms. The molecule has 1 aromatic rings. The zero-order chi connectivity index (χ0) is 16.0. The third kappa shape index (κ3) is 4.60. The van der Waals surface area contributed by atoms with Gasteiger partial charge < -0.3 is 15.7 Å². The highest BCUT2D eigenvalue weighted by atomic mass is 16.7. The number of imide groups is 1. The van der Waals surface area contributed by atoms with Crippen molar-refractivity contribution in [3.8, 4) is 0 Å². The van der Waals surface area contributed by atoms with Crippen molar-refractivity contribution >= 4 is 23.6 Å². The molecule has 8 heteroatoms. The molecule has 0 heterocycles. The van der Waals surface area contributed by atoms with E-state index >= 15 is 0 Å². The van der Waals surface area contributed by atoms with E-state index in [1.54, 1.807) is 18.2 Å². The number of primary amides is 1. The summed E-state index contributed by atoms with van der Waals surface area (Å²) in [6.45, 7) is 2.64. The molecule has 0 saturated heterocycles. The number of benzene rings is 1. The second-order valence-electron chi connectivity index (χ2n) is 4.53. The molecule has 0 unspecified atom stereocenters. The first-order valence-corrected chi connectivity index (χ1v) is 5.90. The van der Waals surface area contributed by atoms with E-state index in [0.29, 0.717) is 5.56 Å². The maximum atomic E-state index is 11.6. The Labute approximate surface area is 120 Å². The van der Waals surface area contributed by atoms with Gasteiger partial charge in [-0.15, -0.1) is 0 Å². The van der Waals surface area contributed by atoms with Crippen LogP contribution in [0.1, 0.15) is 19.4 Å². The van der Waals surface area contributed by atoms with E-state index in [2.05, 4.69) is 5.16 Å². The lowest BCUT2D eigenvalue weighted by Crippen LogP contribution is -2.48. The van der Waals surface area contributed by atoms with Gasteiger partial charge in [0.05, 0.1) is 0 Å². The molecule has 0 saturated carbocycles. The number of hydrogen-bond donors (Lipinski definition) is 3. The SMILES string of the molecule is CC(C)(O/N=C(/C(=O)O)c1ccccc1)C(=O)NC(N)=O. The summed E-state index contributed by atoms with van der Waals surface area (Å²) in [5, 5.41) is 14.5. The minimum Gasteiger partial charge on any atom is -0.476 e. The number of oxime groups is 1. The topological polar surface area (TPSA) is 131 Å². The van der Waals surface area contributed by atoms with Crippen molar-refractivity contribution in [2.24, 2.45) is 10.9 Å². The Bertz CT molecular complexity index is 581. The van der Waals surface area contributed by atoms with Crippen molar-refractivity contribution in [2.75, 3.05) is 0 Å². The maximum Gasteiger partial charge on any atom is 0.358 e. The van der Waals surface area contributed by atoms with Crippen LogP contribution >= 0.6 is 0 Å². The summed E-state index contributed by atoms with van der Waals surface area (Å²) in [5.74, 6) is -2.15. The molecule has 0 aliphatic heterocycles. The largest absolute Gasteiger partial charge is 0.476 e. The van der Waals surface area contributed by atoms with Crippen LogP contribution in [-0.4, -0.2) is 34.3 Å². The second-order valence-corrected chi connectivity index (χ2v) is 4.53. The van der Waals surface area contributed by atoms with E-state index in [1.807, 2.05) is 5.32 Å². The number of nitrogens with zero attached hydrogens (tertiary/aromatic N) is 1. The van der Waals surface area contributed by atoms with Crippen molar-refractivity contribution in [1.29, 1.82) is 0 Å². The van der Waals surface area contributed by atoms with Crippen LogP contribution in [0, 0.1) is 0 Å². The van der Waals surface area contributed by atoms with Crippen LogP contribution in [0.15, 0.2) is 35.5 Å². The van der Waals surface area contributed by atoms with E-state index in [4.69, 9.17) is 15.7 Å². The Hall–Kier alpha value is -2.90. The molecule has 0 aliphatic carbocycles. The molecule has 0 fully saturated rings. The molecule has 21 heavy (non-hydrogen) atoms. The number of carbonyl (C=O) groups excluding carboxylic acids is 2. The van der Waals surface area contributed by atoms with E-state index in [9.17, 15) is 14.4 Å². The first-order valence-electron chi connectivity index (χ1n) is 5.90. The predicted molar refractivity (Wildman–Crippen MR) is 73.5 cm³/mol. The normalized spacial score (nSPS) is 11.6. The van der Waals surface area contributed by atoms with E-state index in [-0.39, 0.29) is 5.71 Å². The Balaban J connectivity index is 2.96. The third-order valence-corrected chi connectivity index (χ3v) is 2.40. The third-order valence-electron chi connectivity index (χ3n) is 2.40.